The average molecular weight is 521 g/mol. The molecule has 0 spiro atoms. The number of hydrogen-bond acceptors (Lipinski definition) is 7. The maximum absolute atomic E-state index is 13.3. The molecule has 0 saturated carbocycles. The fourth-order valence-electron chi connectivity index (χ4n) is 4.21. The van der Waals surface area contributed by atoms with Crippen LogP contribution in [-0.4, -0.2) is 35.5 Å². The highest BCUT2D eigenvalue weighted by molar-refractivity contribution is 7.15. The molecule has 0 atom stereocenters. The summed E-state index contributed by atoms with van der Waals surface area (Å²) in [4.78, 5) is 22.4. The molecule has 0 fully saturated rings. The van der Waals surface area contributed by atoms with E-state index in [0.717, 1.165) is 39.4 Å². The minimum Gasteiger partial charge on any atom is -0.491 e. The van der Waals surface area contributed by atoms with Gasteiger partial charge in [-0.3, -0.25) is 9.78 Å². The first kappa shape index (κ1) is 23.7. The molecule has 8 nitrogen and oxygen atoms in total. The van der Waals surface area contributed by atoms with Gasteiger partial charge in [-0.25, -0.2) is 4.68 Å². The molecular formula is C29H24N6O2S. The van der Waals surface area contributed by atoms with Gasteiger partial charge in [0.1, 0.15) is 11.4 Å². The number of nitrogens with zero attached hydrogens (tertiary/aromatic N) is 6. The summed E-state index contributed by atoms with van der Waals surface area (Å²) in [7, 11) is 0. The van der Waals surface area contributed by atoms with E-state index in [1.807, 2.05) is 92.3 Å². The lowest BCUT2D eigenvalue weighted by Crippen LogP contribution is -2.23. The van der Waals surface area contributed by atoms with E-state index in [2.05, 4.69) is 21.1 Å². The Labute approximate surface area is 222 Å². The SMILES string of the molecule is Cc1cc(-c2nn(-c3ccccc3)cc2/C=c2\sc3nc(-c4ccncc4)nn3c2=O)ccc1OC(C)C. The number of aromatic nitrogens is 6. The lowest BCUT2D eigenvalue weighted by molar-refractivity contribution is 0.241. The summed E-state index contributed by atoms with van der Waals surface area (Å²) >= 11 is 1.30. The molecule has 0 radical (unpaired) electrons. The first-order valence-corrected chi connectivity index (χ1v) is 13.0. The van der Waals surface area contributed by atoms with E-state index in [1.165, 1.54) is 15.9 Å². The summed E-state index contributed by atoms with van der Waals surface area (Å²) < 4.78 is 9.65. The van der Waals surface area contributed by atoms with Crippen molar-refractivity contribution < 1.29 is 4.74 Å². The minimum atomic E-state index is -0.215. The van der Waals surface area contributed by atoms with Gasteiger partial charge in [-0.1, -0.05) is 29.5 Å². The van der Waals surface area contributed by atoms with Gasteiger partial charge in [0, 0.05) is 35.3 Å². The number of hydrogen-bond donors (Lipinski definition) is 0. The number of aryl methyl sites for hydroxylation is 1. The standard InChI is InChI=1S/C29H24N6O2S/c1-18(2)37-24-10-9-21(15-19(24)3)26-22(17-34(32-26)23-7-5-4-6-8-23)16-25-28(36)35-29(38-25)31-27(33-35)20-11-13-30-14-12-20/h4-18H,1-3H3/b25-16-. The van der Waals surface area contributed by atoms with Crippen LogP contribution in [0.5, 0.6) is 5.75 Å². The first-order valence-electron chi connectivity index (χ1n) is 12.2. The third-order valence-electron chi connectivity index (χ3n) is 5.98. The van der Waals surface area contributed by atoms with Gasteiger partial charge < -0.3 is 4.74 Å². The Bertz CT molecular complexity index is 1860. The van der Waals surface area contributed by atoms with Gasteiger partial charge in [0.15, 0.2) is 5.82 Å². The van der Waals surface area contributed by atoms with Crippen LogP contribution in [0, 0.1) is 6.92 Å². The number of ether oxygens (including phenoxy) is 1. The molecule has 0 aliphatic carbocycles. The fourth-order valence-corrected chi connectivity index (χ4v) is 5.11. The van der Waals surface area contributed by atoms with Gasteiger partial charge in [0.05, 0.1) is 16.3 Å². The Morgan fingerprint density at radius 2 is 1.76 bits per heavy atom. The highest BCUT2D eigenvalue weighted by atomic mass is 32.1. The van der Waals surface area contributed by atoms with Crippen LogP contribution in [0.4, 0.5) is 0 Å². The third-order valence-corrected chi connectivity index (χ3v) is 6.94. The van der Waals surface area contributed by atoms with E-state index in [4.69, 9.17) is 9.84 Å². The molecule has 38 heavy (non-hydrogen) atoms. The molecule has 0 aliphatic rings. The quantitative estimate of drug-likeness (QED) is 0.316. The molecule has 9 heteroatoms. The van der Waals surface area contributed by atoms with Crippen LogP contribution in [0.3, 0.4) is 0 Å². The Balaban J connectivity index is 1.47. The van der Waals surface area contributed by atoms with Gasteiger partial charge in [-0.2, -0.15) is 14.6 Å². The maximum atomic E-state index is 13.3. The van der Waals surface area contributed by atoms with Gasteiger partial charge in [0.2, 0.25) is 4.96 Å². The van der Waals surface area contributed by atoms with Crippen molar-refractivity contribution in [3.8, 4) is 34.1 Å². The Hall–Kier alpha value is -4.63. The topological polar surface area (TPSA) is 87.2 Å². The second kappa shape index (κ2) is 9.68. The number of fused-ring (bicyclic) bond motifs is 1. The summed E-state index contributed by atoms with van der Waals surface area (Å²) in [6.45, 7) is 6.04. The summed E-state index contributed by atoms with van der Waals surface area (Å²) in [5, 5.41) is 9.35. The van der Waals surface area contributed by atoms with Gasteiger partial charge in [-0.15, -0.1) is 5.10 Å². The lowest BCUT2D eigenvalue weighted by atomic mass is 10.0. The van der Waals surface area contributed by atoms with Crippen LogP contribution >= 0.6 is 11.3 Å². The van der Waals surface area contributed by atoms with Crippen LogP contribution in [0.2, 0.25) is 0 Å². The molecule has 188 valence electrons. The predicted octanol–water partition coefficient (Wildman–Crippen LogP) is 4.71. The van der Waals surface area contributed by atoms with E-state index in [1.54, 1.807) is 12.4 Å². The largest absolute Gasteiger partial charge is 0.491 e. The van der Waals surface area contributed by atoms with E-state index in [0.29, 0.717) is 15.3 Å². The van der Waals surface area contributed by atoms with Crippen molar-refractivity contribution in [1.29, 1.82) is 0 Å². The van der Waals surface area contributed by atoms with Gasteiger partial charge >= 0.3 is 0 Å². The van der Waals surface area contributed by atoms with Crippen molar-refractivity contribution in [3.63, 3.8) is 0 Å². The maximum Gasteiger partial charge on any atom is 0.291 e. The summed E-state index contributed by atoms with van der Waals surface area (Å²) in [6.07, 6.45) is 7.25. The fraction of sp³-hybridized carbons (Fsp3) is 0.138. The first-order chi connectivity index (χ1) is 18.5. The molecule has 4 heterocycles. The monoisotopic (exact) mass is 520 g/mol. The molecule has 6 rings (SSSR count). The molecule has 0 bridgehead atoms. The zero-order valence-electron chi connectivity index (χ0n) is 21.1. The van der Waals surface area contributed by atoms with Crippen molar-refractivity contribution in [2.24, 2.45) is 0 Å². The zero-order valence-corrected chi connectivity index (χ0v) is 21.9. The van der Waals surface area contributed by atoms with Crippen LogP contribution in [0.25, 0.3) is 39.4 Å². The zero-order chi connectivity index (χ0) is 26.2. The average Bonchev–Trinajstić information content (AvgIpc) is 3.61. The lowest BCUT2D eigenvalue weighted by Gasteiger charge is -2.13. The van der Waals surface area contributed by atoms with Crippen LogP contribution in [0.1, 0.15) is 25.0 Å². The highest BCUT2D eigenvalue weighted by Crippen LogP contribution is 2.29. The van der Waals surface area contributed by atoms with Crippen molar-refractivity contribution in [2.45, 2.75) is 26.9 Å². The Morgan fingerprint density at radius 3 is 2.47 bits per heavy atom. The number of benzene rings is 2. The molecule has 0 saturated heterocycles. The van der Waals surface area contributed by atoms with Gasteiger partial charge in [0.25, 0.3) is 5.56 Å². The summed E-state index contributed by atoms with van der Waals surface area (Å²) in [5.41, 5.74) is 5.07. The van der Waals surface area contributed by atoms with E-state index in [-0.39, 0.29) is 11.7 Å². The normalized spacial score (nSPS) is 12.1. The highest BCUT2D eigenvalue weighted by Gasteiger charge is 2.16. The van der Waals surface area contributed by atoms with Crippen molar-refractivity contribution in [1.82, 2.24) is 29.4 Å². The predicted molar refractivity (Wildman–Crippen MR) is 149 cm³/mol. The van der Waals surface area contributed by atoms with E-state index in [9.17, 15) is 4.79 Å². The second-order valence-electron chi connectivity index (χ2n) is 9.14. The Kier molecular flexibility index (Phi) is 6.05. The molecule has 2 aromatic carbocycles. The molecule has 4 aromatic heterocycles. The van der Waals surface area contributed by atoms with Crippen LogP contribution < -0.4 is 14.8 Å². The molecule has 0 unspecified atom stereocenters. The van der Waals surface area contributed by atoms with Crippen molar-refractivity contribution >= 4 is 22.4 Å². The summed E-state index contributed by atoms with van der Waals surface area (Å²) in [6, 6.07) is 19.6. The smallest absolute Gasteiger partial charge is 0.291 e. The minimum absolute atomic E-state index is 0.0848. The van der Waals surface area contributed by atoms with Crippen LogP contribution in [-0.2, 0) is 0 Å². The van der Waals surface area contributed by atoms with Crippen molar-refractivity contribution in [2.75, 3.05) is 0 Å². The van der Waals surface area contributed by atoms with Gasteiger partial charge in [-0.05, 0) is 74.9 Å². The number of pyridine rings is 1. The Morgan fingerprint density at radius 1 is 0.974 bits per heavy atom. The number of para-hydroxylation sites is 1. The number of rotatable bonds is 6. The van der Waals surface area contributed by atoms with Crippen molar-refractivity contribution in [3.05, 3.63) is 105 Å². The van der Waals surface area contributed by atoms with Crippen LogP contribution in [0.15, 0.2) is 84.0 Å². The second-order valence-corrected chi connectivity index (χ2v) is 10.2. The number of thiazole rings is 1. The molecule has 0 aliphatic heterocycles. The van der Waals surface area contributed by atoms with E-state index >= 15 is 0 Å². The molecule has 0 N–H and O–H groups in total. The molecule has 6 aromatic rings. The molecular weight excluding hydrogens is 496 g/mol. The van der Waals surface area contributed by atoms with E-state index < -0.39 is 0 Å². The summed E-state index contributed by atoms with van der Waals surface area (Å²) in [5.74, 6) is 1.34. The molecule has 0 amide bonds. The third kappa shape index (κ3) is 4.48.